The van der Waals surface area contributed by atoms with E-state index in [9.17, 15) is 4.79 Å². The van der Waals surface area contributed by atoms with E-state index in [1.165, 1.54) is 0 Å². The molecule has 0 bridgehead atoms. The van der Waals surface area contributed by atoms with E-state index in [4.69, 9.17) is 4.74 Å². The van der Waals surface area contributed by atoms with E-state index < -0.39 is 0 Å². The van der Waals surface area contributed by atoms with Crippen LogP contribution >= 0.6 is 0 Å². The number of hydrogen-bond donors (Lipinski definition) is 1. The number of carbonyl (C=O) groups is 1. The molecule has 1 N–H and O–H groups in total. The molecule has 0 spiro atoms. The summed E-state index contributed by atoms with van der Waals surface area (Å²) in [5.41, 5.74) is 1.99. The molecule has 0 heterocycles. The Morgan fingerprint density at radius 1 is 1.10 bits per heavy atom. The van der Waals surface area contributed by atoms with E-state index in [1.54, 1.807) is 26.1 Å². The molecule has 2 rings (SSSR count). The number of urea groups is 1. The molecule has 2 amide bonds. The number of ether oxygens (including phenoxy) is 1. The molecular formula is C17H20N2O2. The fourth-order valence-corrected chi connectivity index (χ4v) is 2.43. The minimum absolute atomic E-state index is 0.144. The van der Waals surface area contributed by atoms with Gasteiger partial charge in [0.1, 0.15) is 5.75 Å². The number of hydrogen-bond acceptors (Lipinski definition) is 2. The number of para-hydroxylation sites is 1. The summed E-state index contributed by atoms with van der Waals surface area (Å²) in [6.45, 7) is 0. The van der Waals surface area contributed by atoms with Gasteiger partial charge in [-0.1, -0.05) is 48.5 Å². The largest absolute Gasteiger partial charge is 0.496 e. The van der Waals surface area contributed by atoms with Gasteiger partial charge in [0.05, 0.1) is 13.2 Å². The molecule has 1 atom stereocenters. The maximum atomic E-state index is 12.1. The van der Waals surface area contributed by atoms with E-state index in [0.717, 1.165) is 16.9 Å². The van der Waals surface area contributed by atoms with Crippen LogP contribution in [0.5, 0.6) is 5.75 Å². The van der Waals surface area contributed by atoms with Gasteiger partial charge in [0.25, 0.3) is 0 Å². The van der Waals surface area contributed by atoms with Crippen LogP contribution in [-0.4, -0.2) is 32.1 Å². The maximum Gasteiger partial charge on any atom is 0.317 e. The van der Waals surface area contributed by atoms with E-state index in [1.807, 2.05) is 54.6 Å². The zero-order valence-electron chi connectivity index (χ0n) is 12.5. The first-order valence-electron chi connectivity index (χ1n) is 6.81. The average molecular weight is 284 g/mol. The first kappa shape index (κ1) is 14.9. The summed E-state index contributed by atoms with van der Waals surface area (Å²) < 4.78 is 5.45. The minimum atomic E-state index is -0.206. The Bertz CT molecular complexity index is 599. The van der Waals surface area contributed by atoms with Gasteiger partial charge in [0.15, 0.2) is 0 Å². The lowest BCUT2D eigenvalue weighted by molar-refractivity contribution is 0.200. The Kier molecular flexibility index (Phi) is 4.82. The summed E-state index contributed by atoms with van der Waals surface area (Å²) in [6, 6.07) is 17.3. The average Bonchev–Trinajstić information content (AvgIpc) is 2.55. The molecule has 0 saturated heterocycles. The molecule has 0 aromatic heterocycles. The summed E-state index contributed by atoms with van der Waals surface area (Å²) in [5.74, 6) is 0.766. The normalized spacial score (nSPS) is 11.6. The Labute approximate surface area is 125 Å². The molecule has 0 saturated carbocycles. The predicted octanol–water partition coefficient (Wildman–Crippen LogP) is 3.06. The first-order chi connectivity index (χ1) is 10.2. The maximum absolute atomic E-state index is 12.1. The zero-order valence-corrected chi connectivity index (χ0v) is 12.5. The molecule has 0 aliphatic rings. The summed E-state index contributed by atoms with van der Waals surface area (Å²) in [5, 5.41) is 2.67. The Balaban J connectivity index is 2.53. The van der Waals surface area contributed by atoms with Crippen LogP contribution in [0.4, 0.5) is 4.79 Å². The van der Waals surface area contributed by atoms with E-state index >= 15 is 0 Å². The monoisotopic (exact) mass is 284 g/mol. The van der Waals surface area contributed by atoms with Gasteiger partial charge in [-0.15, -0.1) is 0 Å². The zero-order chi connectivity index (χ0) is 15.2. The van der Waals surface area contributed by atoms with Crippen molar-refractivity contribution >= 4 is 6.03 Å². The lowest BCUT2D eigenvalue weighted by atomic mass is 9.97. The smallest absolute Gasteiger partial charge is 0.317 e. The molecule has 2 aromatic rings. The summed E-state index contributed by atoms with van der Waals surface area (Å²) >= 11 is 0. The van der Waals surface area contributed by atoms with Gasteiger partial charge >= 0.3 is 6.03 Å². The number of methoxy groups -OCH3 is 1. The lowest BCUT2D eigenvalue weighted by Gasteiger charge is -2.29. The van der Waals surface area contributed by atoms with Gasteiger partial charge < -0.3 is 15.0 Å². The SMILES string of the molecule is CNC(=O)N(C)C(c1ccccc1)c1ccccc1OC. The predicted molar refractivity (Wildman–Crippen MR) is 83.5 cm³/mol. The van der Waals surface area contributed by atoms with Crippen molar-refractivity contribution in [3.05, 3.63) is 65.7 Å². The van der Waals surface area contributed by atoms with Crippen molar-refractivity contribution in [1.82, 2.24) is 10.2 Å². The van der Waals surface area contributed by atoms with Crippen LogP contribution in [-0.2, 0) is 0 Å². The van der Waals surface area contributed by atoms with Crippen molar-refractivity contribution in [2.45, 2.75) is 6.04 Å². The molecular weight excluding hydrogens is 264 g/mol. The third kappa shape index (κ3) is 3.16. The Morgan fingerprint density at radius 2 is 1.71 bits per heavy atom. The molecule has 21 heavy (non-hydrogen) atoms. The molecule has 0 aliphatic heterocycles. The van der Waals surface area contributed by atoms with Crippen LogP contribution in [0, 0.1) is 0 Å². The molecule has 2 aromatic carbocycles. The van der Waals surface area contributed by atoms with Gasteiger partial charge in [0.2, 0.25) is 0 Å². The number of nitrogens with zero attached hydrogens (tertiary/aromatic N) is 1. The number of carbonyl (C=O) groups excluding carboxylic acids is 1. The van der Waals surface area contributed by atoms with Crippen LogP contribution in [0.2, 0.25) is 0 Å². The minimum Gasteiger partial charge on any atom is -0.496 e. The van der Waals surface area contributed by atoms with Crippen molar-refractivity contribution in [2.24, 2.45) is 0 Å². The van der Waals surface area contributed by atoms with Gasteiger partial charge in [-0.2, -0.15) is 0 Å². The van der Waals surface area contributed by atoms with Gasteiger partial charge in [-0.05, 0) is 11.6 Å². The summed E-state index contributed by atoms with van der Waals surface area (Å²) in [6.07, 6.45) is 0. The van der Waals surface area contributed by atoms with Crippen LogP contribution in [0.25, 0.3) is 0 Å². The molecule has 1 unspecified atom stereocenters. The molecule has 0 aliphatic carbocycles. The molecule has 0 fully saturated rings. The number of nitrogens with one attached hydrogen (secondary N) is 1. The number of amides is 2. The fourth-order valence-electron chi connectivity index (χ4n) is 2.43. The highest BCUT2D eigenvalue weighted by atomic mass is 16.5. The first-order valence-corrected chi connectivity index (χ1v) is 6.81. The third-order valence-electron chi connectivity index (χ3n) is 3.47. The van der Waals surface area contributed by atoms with Crippen LogP contribution in [0.15, 0.2) is 54.6 Å². The highest BCUT2D eigenvalue weighted by Gasteiger charge is 2.25. The Hall–Kier alpha value is -2.49. The second-order valence-electron chi connectivity index (χ2n) is 4.72. The van der Waals surface area contributed by atoms with Crippen molar-refractivity contribution < 1.29 is 9.53 Å². The van der Waals surface area contributed by atoms with E-state index in [-0.39, 0.29) is 12.1 Å². The van der Waals surface area contributed by atoms with Gasteiger partial charge in [-0.3, -0.25) is 0 Å². The molecule has 110 valence electrons. The second kappa shape index (κ2) is 6.79. The van der Waals surface area contributed by atoms with Crippen molar-refractivity contribution in [3.63, 3.8) is 0 Å². The highest BCUT2D eigenvalue weighted by Crippen LogP contribution is 2.33. The van der Waals surface area contributed by atoms with Crippen molar-refractivity contribution in [1.29, 1.82) is 0 Å². The highest BCUT2D eigenvalue weighted by molar-refractivity contribution is 5.75. The van der Waals surface area contributed by atoms with Crippen LogP contribution < -0.4 is 10.1 Å². The number of rotatable bonds is 4. The molecule has 0 radical (unpaired) electrons. The molecule has 4 heteroatoms. The second-order valence-corrected chi connectivity index (χ2v) is 4.72. The van der Waals surface area contributed by atoms with Crippen molar-refractivity contribution in [2.75, 3.05) is 21.2 Å². The van der Waals surface area contributed by atoms with Gasteiger partial charge in [0, 0.05) is 19.7 Å². The van der Waals surface area contributed by atoms with Crippen LogP contribution in [0.1, 0.15) is 17.2 Å². The topological polar surface area (TPSA) is 41.6 Å². The van der Waals surface area contributed by atoms with Crippen molar-refractivity contribution in [3.8, 4) is 5.75 Å². The standard InChI is InChI=1S/C17H20N2O2/c1-18-17(20)19(2)16(13-9-5-4-6-10-13)14-11-7-8-12-15(14)21-3/h4-12,16H,1-3H3,(H,18,20). The quantitative estimate of drug-likeness (QED) is 0.937. The summed E-state index contributed by atoms with van der Waals surface area (Å²) in [7, 11) is 5.05. The summed E-state index contributed by atoms with van der Waals surface area (Å²) in [4.78, 5) is 13.7. The number of benzene rings is 2. The Morgan fingerprint density at radius 3 is 2.33 bits per heavy atom. The third-order valence-corrected chi connectivity index (χ3v) is 3.47. The lowest BCUT2D eigenvalue weighted by Crippen LogP contribution is -2.38. The molecule has 4 nitrogen and oxygen atoms in total. The van der Waals surface area contributed by atoms with Crippen LogP contribution in [0.3, 0.4) is 0 Å². The van der Waals surface area contributed by atoms with E-state index in [0.29, 0.717) is 0 Å². The van der Waals surface area contributed by atoms with E-state index in [2.05, 4.69) is 5.32 Å². The van der Waals surface area contributed by atoms with Gasteiger partial charge in [-0.25, -0.2) is 4.79 Å². The fraction of sp³-hybridized carbons (Fsp3) is 0.235.